The smallest absolute Gasteiger partial charge is 0.417 e. The van der Waals surface area contributed by atoms with E-state index in [2.05, 4.69) is 10.2 Å². The minimum absolute atomic E-state index is 0.103. The van der Waals surface area contributed by atoms with Crippen molar-refractivity contribution >= 4 is 23.0 Å². The number of rotatable bonds is 8. The second kappa shape index (κ2) is 9.48. The van der Waals surface area contributed by atoms with E-state index in [9.17, 15) is 23.1 Å². The number of hydrogen-bond acceptors (Lipinski definition) is 6. The molecule has 2 aromatic carbocycles. The van der Waals surface area contributed by atoms with Crippen molar-refractivity contribution in [2.75, 3.05) is 31.2 Å². The van der Waals surface area contributed by atoms with Crippen LogP contribution in [0.4, 0.5) is 30.2 Å². The van der Waals surface area contributed by atoms with Gasteiger partial charge in [0.15, 0.2) is 0 Å². The van der Waals surface area contributed by atoms with Gasteiger partial charge in [0, 0.05) is 18.8 Å². The van der Waals surface area contributed by atoms with E-state index in [0.29, 0.717) is 24.5 Å². The summed E-state index contributed by atoms with van der Waals surface area (Å²) in [6.07, 6.45) is -4.84. The number of carbonyl (C=O) groups is 1. The standard InChI is InChI=1S/C19H20F3N3O4/c1-12-2-7-15(16(18(28)29)17(12)19(20,21)22)24-23-13-3-5-14(6-4-13)25(8-10-26)9-11-27/h2-7,26-27H,8-11H2,1H3,(H,28,29). The van der Waals surface area contributed by atoms with E-state index in [1.165, 1.54) is 13.0 Å². The Morgan fingerprint density at radius 2 is 1.59 bits per heavy atom. The topological polar surface area (TPSA) is 106 Å². The molecule has 10 heteroatoms. The van der Waals surface area contributed by atoms with E-state index in [-0.39, 0.29) is 18.8 Å². The number of nitrogens with zero attached hydrogens (tertiary/aromatic N) is 3. The number of hydrogen-bond donors (Lipinski definition) is 3. The number of aliphatic hydroxyl groups excluding tert-OH is 2. The number of carboxylic acids is 1. The lowest BCUT2D eigenvalue weighted by atomic mass is 9.99. The van der Waals surface area contributed by atoms with Gasteiger partial charge in [-0.15, -0.1) is 5.11 Å². The van der Waals surface area contributed by atoms with Crippen molar-refractivity contribution in [3.63, 3.8) is 0 Å². The molecule has 2 rings (SSSR count). The second-order valence-corrected chi connectivity index (χ2v) is 6.11. The Kier molecular flexibility index (Phi) is 7.29. The summed E-state index contributed by atoms with van der Waals surface area (Å²) in [4.78, 5) is 13.2. The van der Waals surface area contributed by atoms with E-state index in [0.717, 1.165) is 6.07 Å². The van der Waals surface area contributed by atoms with Gasteiger partial charge in [0.2, 0.25) is 0 Å². The highest BCUT2D eigenvalue weighted by atomic mass is 19.4. The molecule has 0 saturated heterocycles. The third-order valence-corrected chi connectivity index (χ3v) is 4.12. The van der Waals surface area contributed by atoms with Crippen molar-refractivity contribution in [2.24, 2.45) is 10.2 Å². The maximum atomic E-state index is 13.3. The Bertz CT molecular complexity index is 878. The summed E-state index contributed by atoms with van der Waals surface area (Å²) < 4.78 is 39.8. The zero-order chi connectivity index (χ0) is 21.6. The minimum Gasteiger partial charge on any atom is -0.478 e. The van der Waals surface area contributed by atoms with Gasteiger partial charge in [-0.1, -0.05) is 6.07 Å². The molecule has 0 fully saturated rings. The summed E-state index contributed by atoms with van der Waals surface area (Å²) in [5.74, 6) is -1.74. The molecule has 0 aliphatic rings. The molecule has 0 radical (unpaired) electrons. The monoisotopic (exact) mass is 411 g/mol. The highest BCUT2D eigenvalue weighted by Gasteiger charge is 2.38. The first-order chi connectivity index (χ1) is 13.7. The SMILES string of the molecule is Cc1ccc(N=Nc2ccc(N(CCO)CCO)cc2)c(C(=O)O)c1C(F)(F)F. The molecule has 0 aliphatic carbocycles. The highest BCUT2D eigenvalue weighted by Crippen LogP contribution is 2.39. The Hall–Kier alpha value is -2.98. The maximum Gasteiger partial charge on any atom is 0.417 e. The molecule has 0 aliphatic heterocycles. The van der Waals surface area contributed by atoms with E-state index >= 15 is 0 Å². The van der Waals surface area contributed by atoms with Gasteiger partial charge in [0.05, 0.1) is 30.0 Å². The third-order valence-electron chi connectivity index (χ3n) is 4.12. The van der Waals surface area contributed by atoms with Crippen LogP contribution in [0.3, 0.4) is 0 Å². The lowest BCUT2D eigenvalue weighted by Crippen LogP contribution is -2.29. The van der Waals surface area contributed by atoms with Crippen LogP contribution in [0.1, 0.15) is 21.5 Å². The lowest BCUT2D eigenvalue weighted by Gasteiger charge is -2.22. The second-order valence-electron chi connectivity index (χ2n) is 6.11. The summed E-state index contributed by atoms with van der Waals surface area (Å²) in [5, 5.41) is 35.0. The molecule has 0 heterocycles. The summed E-state index contributed by atoms with van der Waals surface area (Å²) in [5.41, 5.74) is -1.82. The molecule has 3 N–H and O–H groups in total. The molecule has 156 valence electrons. The summed E-state index contributed by atoms with van der Waals surface area (Å²) in [7, 11) is 0. The molecule has 0 saturated carbocycles. The first-order valence-corrected chi connectivity index (χ1v) is 8.61. The molecule has 0 amide bonds. The van der Waals surface area contributed by atoms with E-state index in [1.807, 2.05) is 0 Å². The fourth-order valence-electron chi connectivity index (χ4n) is 2.81. The Balaban J connectivity index is 2.36. The number of azo groups is 1. The van der Waals surface area contributed by atoms with Crippen LogP contribution in [-0.4, -0.2) is 47.6 Å². The normalized spacial score (nSPS) is 11.8. The molecular formula is C19H20F3N3O4. The van der Waals surface area contributed by atoms with Crippen LogP contribution in [-0.2, 0) is 6.18 Å². The van der Waals surface area contributed by atoms with Crippen LogP contribution in [0.5, 0.6) is 0 Å². The minimum atomic E-state index is -4.84. The number of alkyl halides is 3. The largest absolute Gasteiger partial charge is 0.478 e. The van der Waals surface area contributed by atoms with Crippen molar-refractivity contribution < 1.29 is 33.3 Å². The number of anilines is 1. The number of aliphatic hydroxyl groups is 2. The Morgan fingerprint density at radius 1 is 1.00 bits per heavy atom. The fourth-order valence-corrected chi connectivity index (χ4v) is 2.81. The number of halogens is 3. The Labute approximate surface area is 164 Å². The average molecular weight is 411 g/mol. The van der Waals surface area contributed by atoms with E-state index in [1.54, 1.807) is 29.2 Å². The van der Waals surface area contributed by atoms with Gasteiger partial charge in [0.1, 0.15) is 5.69 Å². The predicted molar refractivity (Wildman–Crippen MR) is 100 cm³/mol. The number of aromatic carboxylic acids is 1. The first kappa shape index (κ1) is 22.3. The summed E-state index contributed by atoms with van der Waals surface area (Å²) in [6.45, 7) is 1.60. The average Bonchev–Trinajstić information content (AvgIpc) is 2.66. The van der Waals surface area contributed by atoms with Crippen molar-refractivity contribution in [1.29, 1.82) is 0 Å². The Morgan fingerprint density at radius 3 is 2.07 bits per heavy atom. The fraction of sp³-hybridized carbons (Fsp3) is 0.316. The van der Waals surface area contributed by atoms with Crippen LogP contribution in [0.25, 0.3) is 0 Å². The van der Waals surface area contributed by atoms with Crippen LogP contribution in [0.2, 0.25) is 0 Å². The van der Waals surface area contributed by atoms with Crippen molar-refractivity contribution in [3.05, 3.63) is 53.1 Å². The van der Waals surface area contributed by atoms with Gasteiger partial charge < -0.3 is 20.2 Å². The highest BCUT2D eigenvalue weighted by molar-refractivity contribution is 5.95. The van der Waals surface area contributed by atoms with Crippen LogP contribution < -0.4 is 4.90 Å². The van der Waals surface area contributed by atoms with Crippen LogP contribution in [0, 0.1) is 6.92 Å². The van der Waals surface area contributed by atoms with Crippen LogP contribution in [0.15, 0.2) is 46.6 Å². The van der Waals surface area contributed by atoms with Gasteiger partial charge in [0.25, 0.3) is 0 Å². The van der Waals surface area contributed by atoms with Gasteiger partial charge >= 0.3 is 12.1 Å². The number of carboxylic acid groups (broad SMARTS) is 1. The molecule has 7 nitrogen and oxygen atoms in total. The van der Waals surface area contributed by atoms with Gasteiger partial charge in [-0.05, 0) is 42.8 Å². The van der Waals surface area contributed by atoms with E-state index < -0.39 is 29.0 Å². The van der Waals surface area contributed by atoms with Gasteiger partial charge in [-0.2, -0.15) is 18.3 Å². The number of aryl methyl sites for hydroxylation is 1. The van der Waals surface area contributed by atoms with E-state index in [4.69, 9.17) is 10.2 Å². The predicted octanol–water partition coefficient (Wildman–Crippen LogP) is 3.92. The summed E-state index contributed by atoms with van der Waals surface area (Å²) in [6, 6.07) is 8.70. The summed E-state index contributed by atoms with van der Waals surface area (Å²) >= 11 is 0. The zero-order valence-electron chi connectivity index (χ0n) is 15.5. The maximum absolute atomic E-state index is 13.3. The molecule has 2 aromatic rings. The lowest BCUT2D eigenvalue weighted by molar-refractivity contribution is -0.138. The third kappa shape index (κ3) is 5.52. The molecule has 0 spiro atoms. The molecule has 0 aromatic heterocycles. The molecule has 29 heavy (non-hydrogen) atoms. The molecule has 0 unspecified atom stereocenters. The van der Waals surface area contributed by atoms with Crippen LogP contribution >= 0.6 is 0 Å². The zero-order valence-corrected chi connectivity index (χ0v) is 15.5. The molecule has 0 atom stereocenters. The quantitative estimate of drug-likeness (QED) is 0.571. The van der Waals surface area contributed by atoms with Crippen molar-refractivity contribution in [3.8, 4) is 0 Å². The molecule has 0 bridgehead atoms. The van der Waals surface area contributed by atoms with Crippen molar-refractivity contribution in [1.82, 2.24) is 0 Å². The first-order valence-electron chi connectivity index (χ1n) is 8.61. The molecular weight excluding hydrogens is 391 g/mol. The van der Waals surface area contributed by atoms with Crippen molar-refractivity contribution in [2.45, 2.75) is 13.1 Å². The van der Waals surface area contributed by atoms with Gasteiger partial charge in [-0.3, -0.25) is 0 Å². The van der Waals surface area contributed by atoms with Gasteiger partial charge in [-0.25, -0.2) is 4.79 Å². The number of benzene rings is 2.